The number of carbonyl (C=O) groups excluding carboxylic acids is 2. The molecule has 1 aliphatic carbocycles. The topological polar surface area (TPSA) is 84.6 Å². The van der Waals surface area contributed by atoms with Crippen LogP contribution in [0, 0.1) is 11.3 Å². The minimum atomic E-state index is -4.59. The van der Waals surface area contributed by atoms with E-state index >= 15 is 0 Å². The maximum absolute atomic E-state index is 13.9. The molecule has 6 nitrogen and oxygen atoms in total. The molecular weight excluding hydrogens is 491 g/mol. The lowest BCUT2D eigenvalue weighted by Crippen LogP contribution is -2.52. The van der Waals surface area contributed by atoms with Crippen LogP contribution in [-0.4, -0.2) is 41.2 Å². The second-order valence-electron chi connectivity index (χ2n) is 8.54. The van der Waals surface area contributed by atoms with Gasteiger partial charge in [0.2, 0.25) is 0 Å². The fraction of sp³-hybridized carbons (Fsp3) is 0.346. The van der Waals surface area contributed by atoms with Gasteiger partial charge in [0, 0.05) is 35.7 Å². The number of ketones is 1. The molecule has 2 amide bonds. The SMILES string of the molecule is CSc1cc(C#N)ccc1C1C2=C(CCCC2=O)N(c2cccc(C(F)(F)F)c2)C(=O)N1CCCO. The van der Waals surface area contributed by atoms with Crippen molar-refractivity contribution in [2.75, 3.05) is 24.3 Å². The fourth-order valence-electron chi connectivity index (χ4n) is 4.78. The molecule has 1 N–H and O–H groups in total. The van der Waals surface area contributed by atoms with Crippen LogP contribution in [0.15, 0.2) is 58.6 Å². The zero-order chi connectivity index (χ0) is 26.0. The van der Waals surface area contributed by atoms with Crippen molar-refractivity contribution in [2.24, 2.45) is 0 Å². The van der Waals surface area contributed by atoms with Crippen LogP contribution in [0.3, 0.4) is 0 Å². The number of amides is 2. The summed E-state index contributed by atoms with van der Waals surface area (Å²) in [5.41, 5.74) is 1.02. The van der Waals surface area contributed by atoms with E-state index in [4.69, 9.17) is 0 Å². The number of aliphatic hydroxyl groups is 1. The van der Waals surface area contributed by atoms with E-state index in [9.17, 15) is 33.1 Å². The fourth-order valence-corrected chi connectivity index (χ4v) is 5.44. The van der Waals surface area contributed by atoms with Gasteiger partial charge in [-0.1, -0.05) is 12.1 Å². The second kappa shape index (κ2) is 10.4. The van der Waals surface area contributed by atoms with Gasteiger partial charge < -0.3 is 10.0 Å². The van der Waals surface area contributed by atoms with Crippen molar-refractivity contribution in [3.8, 4) is 6.07 Å². The Bertz CT molecular complexity index is 1270. The van der Waals surface area contributed by atoms with Crippen LogP contribution in [0.2, 0.25) is 0 Å². The van der Waals surface area contributed by atoms with Crippen LogP contribution < -0.4 is 4.90 Å². The van der Waals surface area contributed by atoms with Crippen LogP contribution in [0.1, 0.15) is 48.4 Å². The van der Waals surface area contributed by atoms with Crippen molar-refractivity contribution in [1.82, 2.24) is 4.90 Å². The highest BCUT2D eigenvalue weighted by Gasteiger charge is 2.45. The molecule has 2 aromatic carbocycles. The average Bonchev–Trinajstić information content (AvgIpc) is 2.86. The number of rotatable bonds is 6. The number of thioether (sulfide) groups is 1. The van der Waals surface area contributed by atoms with Crippen LogP contribution in [0.25, 0.3) is 0 Å². The highest BCUT2D eigenvalue weighted by Crippen LogP contribution is 2.46. The Hall–Kier alpha value is -3.29. The molecule has 0 spiro atoms. The third-order valence-electron chi connectivity index (χ3n) is 6.37. The second-order valence-corrected chi connectivity index (χ2v) is 9.39. The molecule has 0 radical (unpaired) electrons. The lowest BCUT2D eigenvalue weighted by Gasteiger charge is -2.45. The minimum Gasteiger partial charge on any atom is -0.396 e. The Morgan fingerprint density at radius 1 is 1.17 bits per heavy atom. The number of benzene rings is 2. The predicted octanol–water partition coefficient (Wildman–Crippen LogP) is 5.67. The first-order chi connectivity index (χ1) is 17.2. The molecule has 1 heterocycles. The number of Topliss-reactive ketones (excluding diaryl/α,β-unsaturated/α-hetero) is 1. The summed E-state index contributed by atoms with van der Waals surface area (Å²) >= 11 is 1.38. The van der Waals surface area contributed by atoms with E-state index in [-0.39, 0.29) is 37.5 Å². The van der Waals surface area contributed by atoms with Gasteiger partial charge in [-0.3, -0.25) is 9.69 Å². The van der Waals surface area contributed by atoms with Crippen molar-refractivity contribution < 1.29 is 27.9 Å². The molecule has 1 atom stereocenters. The first kappa shape index (κ1) is 25.8. The lowest BCUT2D eigenvalue weighted by atomic mass is 9.83. The quantitative estimate of drug-likeness (QED) is 0.501. The van der Waals surface area contributed by atoms with Crippen LogP contribution in [-0.2, 0) is 11.0 Å². The summed E-state index contributed by atoms with van der Waals surface area (Å²) in [6.45, 7) is -0.115. The average molecular weight is 516 g/mol. The summed E-state index contributed by atoms with van der Waals surface area (Å²) < 4.78 is 40.4. The molecule has 0 saturated carbocycles. The van der Waals surface area contributed by atoms with E-state index in [0.29, 0.717) is 35.2 Å². The summed E-state index contributed by atoms with van der Waals surface area (Å²) in [6.07, 6.45) is -1.44. The number of urea groups is 1. The van der Waals surface area contributed by atoms with Crippen LogP contribution >= 0.6 is 11.8 Å². The van der Waals surface area contributed by atoms with Gasteiger partial charge in [-0.15, -0.1) is 11.8 Å². The highest BCUT2D eigenvalue weighted by molar-refractivity contribution is 7.98. The van der Waals surface area contributed by atoms with Crippen LogP contribution in [0.5, 0.6) is 0 Å². The standard InChI is InChI=1S/C26H24F3N3O3S/c1-36-22-13-16(15-30)9-10-19(22)24-23-20(7-3-8-21(23)34)32(25(35)31(24)11-4-12-33)18-6-2-5-17(14-18)26(27,28)29/h2,5-6,9-10,13-14,24,33H,3-4,7-8,11-12H2,1H3. The van der Waals surface area contributed by atoms with Crippen molar-refractivity contribution in [1.29, 1.82) is 5.26 Å². The minimum absolute atomic E-state index is 0.0365. The predicted molar refractivity (Wildman–Crippen MR) is 129 cm³/mol. The van der Waals surface area contributed by atoms with Crippen molar-refractivity contribution in [2.45, 2.75) is 42.8 Å². The van der Waals surface area contributed by atoms with Crippen molar-refractivity contribution >= 4 is 29.3 Å². The number of nitriles is 1. The maximum atomic E-state index is 13.9. The van der Waals surface area contributed by atoms with E-state index in [1.165, 1.54) is 33.7 Å². The molecule has 1 unspecified atom stereocenters. The van der Waals surface area contributed by atoms with Crippen LogP contribution in [0.4, 0.5) is 23.7 Å². The Labute approximate surface area is 211 Å². The summed E-state index contributed by atoms with van der Waals surface area (Å²) in [5, 5.41) is 18.8. The molecular formula is C26H24F3N3O3S. The van der Waals surface area contributed by atoms with Gasteiger partial charge in [-0.25, -0.2) is 4.79 Å². The number of allylic oxidation sites excluding steroid dienone is 1. The molecule has 10 heteroatoms. The molecule has 0 aromatic heterocycles. The monoisotopic (exact) mass is 515 g/mol. The normalized spacial score (nSPS) is 18.4. The molecule has 1 aliphatic heterocycles. The number of anilines is 1. The Balaban J connectivity index is 1.96. The molecule has 2 aliphatic rings. The summed E-state index contributed by atoms with van der Waals surface area (Å²) in [6, 6.07) is 10.3. The molecule has 36 heavy (non-hydrogen) atoms. The first-order valence-electron chi connectivity index (χ1n) is 11.4. The largest absolute Gasteiger partial charge is 0.416 e. The highest BCUT2D eigenvalue weighted by atomic mass is 32.2. The van der Waals surface area contributed by atoms with E-state index in [1.54, 1.807) is 18.2 Å². The molecule has 0 fully saturated rings. The molecule has 2 aromatic rings. The number of aliphatic hydroxyl groups excluding tert-OH is 1. The van der Waals surface area contributed by atoms with Gasteiger partial charge in [0.25, 0.3) is 0 Å². The summed E-state index contributed by atoms with van der Waals surface area (Å²) in [4.78, 5) is 30.7. The number of nitrogens with zero attached hydrogens (tertiary/aromatic N) is 3. The number of carbonyl (C=O) groups is 2. The molecule has 0 saturated heterocycles. The van der Waals surface area contributed by atoms with Crippen molar-refractivity contribution in [3.63, 3.8) is 0 Å². The first-order valence-corrected chi connectivity index (χ1v) is 12.7. The Kier molecular flexibility index (Phi) is 7.43. The Morgan fingerprint density at radius 2 is 1.94 bits per heavy atom. The van der Waals surface area contributed by atoms with E-state index < -0.39 is 23.8 Å². The number of hydrogen-bond donors (Lipinski definition) is 1. The number of alkyl halides is 3. The smallest absolute Gasteiger partial charge is 0.396 e. The van der Waals surface area contributed by atoms with Gasteiger partial charge in [-0.2, -0.15) is 18.4 Å². The molecule has 0 bridgehead atoms. The third-order valence-corrected chi connectivity index (χ3v) is 7.16. The zero-order valence-corrected chi connectivity index (χ0v) is 20.3. The number of halogens is 3. The van der Waals surface area contributed by atoms with E-state index in [2.05, 4.69) is 6.07 Å². The van der Waals surface area contributed by atoms with E-state index in [1.807, 2.05) is 6.26 Å². The lowest BCUT2D eigenvalue weighted by molar-refractivity contribution is -0.137. The van der Waals surface area contributed by atoms with Gasteiger partial charge in [0.15, 0.2) is 5.78 Å². The molecule has 188 valence electrons. The molecule has 4 rings (SSSR count). The van der Waals surface area contributed by atoms with Gasteiger partial charge in [-0.05, 0) is 61.4 Å². The zero-order valence-electron chi connectivity index (χ0n) is 19.5. The van der Waals surface area contributed by atoms with Gasteiger partial charge in [0.05, 0.1) is 28.9 Å². The van der Waals surface area contributed by atoms with Crippen molar-refractivity contribution in [3.05, 3.63) is 70.4 Å². The summed E-state index contributed by atoms with van der Waals surface area (Å²) in [7, 11) is 0. The summed E-state index contributed by atoms with van der Waals surface area (Å²) in [5.74, 6) is -0.170. The number of hydrogen-bond acceptors (Lipinski definition) is 5. The third kappa shape index (κ3) is 4.73. The Morgan fingerprint density at radius 3 is 2.61 bits per heavy atom. The van der Waals surface area contributed by atoms with E-state index in [0.717, 1.165) is 17.0 Å². The van der Waals surface area contributed by atoms with Gasteiger partial charge in [0.1, 0.15) is 0 Å². The van der Waals surface area contributed by atoms with Gasteiger partial charge >= 0.3 is 12.2 Å². The maximum Gasteiger partial charge on any atom is 0.416 e.